The molecule has 6 heteroatoms. The molecule has 1 aliphatic rings. The second kappa shape index (κ2) is 10.1. The van der Waals surface area contributed by atoms with Gasteiger partial charge in [0.1, 0.15) is 6.61 Å². The van der Waals surface area contributed by atoms with Crippen molar-refractivity contribution < 1.29 is 14.3 Å². The van der Waals surface area contributed by atoms with Gasteiger partial charge in [0.15, 0.2) is 11.5 Å². The van der Waals surface area contributed by atoms with Crippen LogP contribution < -0.4 is 14.5 Å². The van der Waals surface area contributed by atoms with Crippen molar-refractivity contribution in [1.82, 2.24) is 0 Å². The molecule has 0 N–H and O–H groups in total. The van der Waals surface area contributed by atoms with Crippen molar-refractivity contribution in [2.24, 2.45) is 5.10 Å². The van der Waals surface area contributed by atoms with E-state index < -0.39 is 0 Å². The Labute approximate surface area is 205 Å². The van der Waals surface area contributed by atoms with Crippen LogP contribution in [0.2, 0.25) is 5.02 Å². The van der Waals surface area contributed by atoms with E-state index in [1.807, 2.05) is 50.2 Å². The standard InChI is InChI=1S/C28H27ClN2O3/c1-5-33-26-16-21(14-24-20(4)30-31(28(24)32)23-9-7-6-8-10-23)15-25(29)27(26)34-17-22-12-18(2)11-19(3)13-22/h6-16H,5,17H2,1-4H3/b24-14+. The van der Waals surface area contributed by atoms with Gasteiger partial charge in [-0.15, -0.1) is 0 Å². The summed E-state index contributed by atoms with van der Waals surface area (Å²) in [4.78, 5) is 13.1. The summed E-state index contributed by atoms with van der Waals surface area (Å²) in [6, 6.07) is 19.3. The number of anilines is 1. The van der Waals surface area contributed by atoms with Gasteiger partial charge < -0.3 is 9.47 Å². The van der Waals surface area contributed by atoms with Gasteiger partial charge in [-0.1, -0.05) is 59.1 Å². The number of carbonyl (C=O) groups is 1. The van der Waals surface area contributed by atoms with E-state index in [0.29, 0.717) is 41.0 Å². The summed E-state index contributed by atoms with van der Waals surface area (Å²) in [6.07, 6.45) is 1.78. The van der Waals surface area contributed by atoms with Crippen LogP contribution >= 0.6 is 11.6 Å². The molecule has 34 heavy (non-hydrogen) atoms. The van der Waals surface area contributed by atoms with Crippen LogP contribution in [-0.2, 0) is 11.4 Å². The Bertz CT molecular complexity index is 1260. The number of ether oxygens (including phenoxy) is 2. The first-order valence-electron chi connectivity index (χ1n) is 11.2. The van der Waals surface area contributed by atoms with Gasteiger partial charge in [-0.05, 0) is 69.2 Å². The van der Waals surface area contributed by atoms with Crippen LogP contribution in [0, 0.1) is 13.8 Å². The molecule has 1 amide bonds. The van der Waals surface area contributed by atoms with E-state index in [1.54, 1.807) is 12.1 Å². The maximum absolute atomic E-state index is 13.1. The van der Waals surface area contributed by atoms with Gasteiger partial charge in [0.2, 0.25) is 0 Å². The second-order valence-corrected chi connectivity index (χ2v) is 8.65. The number of amides is 1. The van der Waals surface area contributed by atoms with Crippen LogP contribution in [0.25, 0.3) is 6.08 Å². The fraction of sp³-hybridized carbons (Fsp3) is 0.214. The minimum Gasteiger partial charge on any atom is -0.490 e. The first kappa shape index (κ1) is 23.6. The van der Waals surface area contributed by atoms with Crippen LogP contribution in [0.5, 0.6) is 11.5 Å². The molecular weight excluding hydrogens is 448 g/mol. The SMILES string of the molecule is CCOc1cc(/C=C2/C(=O)N(c3ccccc3)N=C2C)cc(Cl)c1OCc1cc(C)cc(C)c1. The van der Waals surface area contributed by atoms with Gasteiger partial charge in [-0.3, -0.25) is 4.79 Å². The highest BCUT2D eigenvalue weighted by Gasteiger charge is 2.28. The van der Waals surface area contributed by atoms with Crippen LogP contribution in [0.3, 0.4) is 0 Å². The number of hydrazone groups is 1. The number of para-hydroxylation sites is 1. The Balaban J connectivity index is 1.61. The third kappa shape index (κ3) is 5.15. The van der Waals surface area contributed by atoms with E-state index in [0.717, 1.165) is 16.8 Å². The Morgan fingerprint density at radius 1 is 0.971 bits per heavy atom. The molecule has 0 fully saturated rings. The lowest BCUT2D eigenvalue weighted by atomic mass is 10.1. The third-order valence-electron chi connectivity index (χ3n) is 5.37. The molecule has 0 spiro atoms. The van der Waals surface area contributed by atoms with Gasteiger partial charge in [0.25, 0.3) is 5.91 Å². The zero-order valence-corrected chi connectivity index (χ0v) is 20.5. The van der Waals surface area contributed by atoms with E-state index in [9.17, 15) is 4.79 Å². The summed E-state index contributed by atoms with van der Waals surface area (Å²) in [5, 5.41) is 6.27. The molecule has 0 radical (unpaired) electrons. The van der Waals surface area contributed by atoms with Crippen molar-refractivity contribution in [2.75, 3.05) is 11.6 Å². The number of hydrogen-bond donors (Lipinski definition) is 0. The molecule has 0 unspecified atom stereocenters. The van der Waals surface area contributed by atoms with E-state index in [1.165, 1.54) is 16.1 Å². The molecule has 1 aliphatic heterocycles. The van der Waals surface area contributed by atoms with Crippen LogP contribution in [0.4, 0.5) is 5.69 Å². The molecule has 3 aromatic carbocycles. The summed E-state index contributed by atoms with van der Waals surface area (Å²) in [5.74, 6) is 0.831. The fourth-order valence-corrected chi connectivity index (χ4v) is 4.25. The van der Waals surface area contributed by atoms with Gasteiger partial charge in [0.05, 0.1) is 28.6 Å². The quantitative estimate of drug-likeness (QED) is 0.356. The molecule has 0 atom stereocenters. The van der Waals surface area contributed by atoms with Crippen LogP contribution in [-0.4, -0.2) is 18.2 Å². The highest BCUT2D eigenvalue weighted by molar-refractivity contribution is 6.33. The molecule has 0 bridgehead atoms. The van der Waals surface area contributed by atoms with Gasteiger partial charge in [0, 0.05) is 0 Å². The minimum atomic E-state index is -0.187. The van der Waals surface area contributed by atoms with Crippen LogP contribution in [0.15, 0.2) is 71.3 Å². The molecule has 5 nitrogen and oxygen atoms in total. The molecule has 174 valence electrons. The molecule has 3 aromatic rings. The molecule has 0 saturated carbocycles. The van der Waals surface area contributed by atoms with E-state index >= 15 is 0 Å². The Morgan fingerprint density at radius 2 is 1.68 bits per heavy atom. The number of benzene rings is 3. The highest BCUT2D eigenvalue weighted by atomic mass is 35.5. The lowest BCUT2D eigenvalue weighted by molar-refractivity contribution is -0.114. The summed E-state index contributed by atoms with van der Waals surface area (Å²) in [5.41, 5.74) is 6.02. The predicted octanol–water partition coefficient (Wildman–Crippen LogP) is 6.74. The summed E-state index contributed by atoms with van der Waals surface area (Å²) in [7, 11) is 0. The molecule has 4 rings (SSSR count). The number of halogens is 1. The van der Waals surface area contributed by atoms with Crippen molar-refractivity contribution in [3.8, 4) is 11.5 Å². The summed E-state index contributed by atoms with van der Waals surface area (Å²) in [6.45, 7) is 8.68. The largest absolute Gasteiger partial charge is 0.490 e. The molecule has 0 aromatic heterocycles. The maximum atomic E-state index is 13.1. The van der Waals surface area contributed by atoms with Crippen LogP contribution in [0.1, 0.15) is 36.1 Å². The number of carbonyl (C=O) groups excluding carboxylic acids is 1. The Hall–Kier alpha value is -3.57. The van der Waals surface area contributed by atoms with Crippen molar-refractivity contribution in [2.45, 2.75) is 34.3 Å². The molecule has 1 heterocycles. The third-order valence-corrected chi connectivity index (χ3v) is 5.65. The van der Waals surface area contributed by atoms with E-state index in [2.05, 4.69) is 37.1 Å². The summed E-state index contributed by atoms with van der Waals surface area (Å²) >= 11 is 6.62. The van der Waals surface area contributed by atoms with Gasteiger partial charge in [-0.2, -0.15) is 10.1 Å². The van der Waals surface area contributed by atoms with E-state index in [-0.39, 0.29) is 5.91 Å². The van der Waals surface area contributed by atoms with Gasteiger partial charge in [-0.25, -0.2) is 0 Å². The highest BCUT2D eigenvalue weighted by Crippen LogP contribution is 2.38. The fourth-order valence-electron chi connectivity index (χ4n) is 3.98. The second-order valence-electron chi connectivity index (χ2n) is 8.24. The average Bonchev–Trinajstić information content (AvgIpc) is 3.07. The first-order valence-corrected chi connectivity index (χ1v) is 11.6. The Morgan fingerprint density at radius 3 is 2.35 bits per heavy atom. The molecule has 0 saturated heterocycles. The van der Waals surface area contributed by atoms with Gasteiger partial charge >= 0.3 is 0 Å². The maximum Gasteiger partial charge on any atom is 0.280 e. The normalized spacial score (nSPS) is 14.5. The smallest absolute Gasteiger partial charge is 0.280 e. The zero-order chi connectivity index (χ0) is 24.2. The Kier molecular flexibility index (Phi) is 7.03. The lowest BCUT2D eigenvalue weighted by Crippen LogP contribution is -2.21. The number of rotatable bonds is 7. The van der Waals surface area contributed by atoms with Crippen molar-refractivity contribution >= 4 is 35.0 Å². The molecule has 0 aliphatic carbocycles. The first-order chi connectivity index (χ1) is 16.4. The topological polar surface area (TPSA) is 51.1 Å². The lowest BCUT2D eigenvalue weighted by Gasteiger charge is -2.15. The zero-order valence-electron chi connectivity index (χ0n) is 19.8. The predicted molar refractivity (Wildman–Crippen MR) is 138 cm³/mol. The van der Waals surface area contributed by atoms with E-state index in [4.69, 9.17) is 21.1 Å². The van der Waals surface area contributed by atoms with Crippen molar-refractivity contribution in [3.05, 3.63) is 93.5 Å². The minimum absolute atomic E-state index is 0.187. The van der Waals surface area contributed by atoms with Crippen molar-refractivity contribution in [1.29, 1.82) is 0 Å². The average molecular weight is 475 g/mol. The summed E-state index contributed by atoms with van der Waals surface area (Å²) < 4.78 is 11.9. The number of hydrogen-bond acceptors (Lipinski definition) is 4. The number of aryl methyl sites for hydroxylation is 2. The monoisotopic (exact) mass is 474 g/mol. The molecular formula is C28H27ClN2O3. The van der Waals surface area contributed by atoms with Crippen molar-refractivity contribution in [3.63, 3.8) is 0 Å². The number of nitrogens with zero attached hydrogens (tertiary/aromatic N) is 2.